The lowest BCUT2D eigenvalue weighted by atomic mass is 9.92. The molecular weight excluding hydrogens is 1230 g/mol. The van der Waals surface area contributed by atoms with Gasteiger partial charge in [-0.05, 0) is 98.5 Å². The van der Waals surface area contributed by atoms with Crippen LogP contribution in [0, 0.1) is 18.6 Å². The first-order chi connectivity index (χ1) is 44.0. The summed E-state index contributed by atoms with van der Waals surface area (Å²) >= 11 is 0. The van der Waals surface area contributed by atoms with Gasteiger partial charge in [-0.15, -0.1) is 0 Å². The highest BCUT2D eigenvalue weighted by Gasteiger charge is 2.41. The summed E-state index contributed by atoms with van der Waals surface area (Å²) in [4.78, 5) is 108. The number of carbonyl (C=O) groups excluding carboxylic acids is 5. The van der Waals surface area contributed by atoms with Gasteiger partial charge in [0.05, 0.1) is 46.7 Å². The Bertz CT molecular complexity index is 4040. The Hall–Kier alpha value is -8.54. The highest BCUT2D eigenvalue weighted by Crippen LogP contribution is 2.50. The van der Waals surface area contributed by atoms with E-state index < -0.39 is 51.1 Å². The molecule has 3 N–H and O–H groups in total. The number of carboxylic acid groups (broad SMARTS) is 1. The lowest BCUT2D eigenvalue weighted by molar-refractivity contribution is -0.150. The molecule has 7 aromatic rings. The van der Waals surface area contributed by atoms with E-state index in [9.17, 15) is 56.7 Å². The van der Waals surface area contributed by atoms with Crippen molar-refractivity contribution in [2.45, 2.75) is 66.1 Å². The number of amides is 4. The third-order valence-electron chi connectivity index (χ3n) is 16.6. The maximum absolute atomic E-state index is 14.3. The highest BCUT2D eigenvalue weighted by molar-refractivity contribution is 7.54. The predicted octanol–water partition coefficient (Wildman–Crippen LogP) is 8.50. The molecule has 23 nitrogen and oxygen atoms in total. The van der Waals surface area contributed by atoms with Crippen LogP contribution in [0.15, 0.2) is 116 Å². The molecule has 27 heteroatoms. The molecule has 2 aromatic heterocycles. The number of phenols is 1. The number of phenolic OH excluding ortho intramolecular Hbond substituents is 1. The van der Waals surface area contributed by atoms with Gasteiger partial charge in [-0.1, -0.05) is 54.6 Å². The van der Waals surface area contributed by atoms with Crippen LogP contribution < -0.4 is 4.52 Å². The van der Waals surface area contributed by atoms with Crippen molar-refractivity contribution < 1.29 is 80.1 Å². The molecule has 5 aromatic carbocycles. The number of para-hydroxylation sites is 1. The van der Waals surface area contributed by atoms with Crippen molar-refractivity contribution in [3.05, 3.63) is 177 Å². The number of fused-ring (bicyclic) bond motifs is 4. The number of esters is 1. The Kier molecular flexibility index (Phi) is 20.6. The molecule has 0 bridgehead atoms. The minimum absolute atomic E-state index is 0.0212. The van der Waals surface area contributed by atoms with Gasteiger partial charge in [0, 0.05) is 120 Å². The summed E-state index contributed by atoms with van der Waals surface area (Å²) in [6.45, 7) is 10.9. The van der Waals surface area contributed by atoms with Crippen molar-refractivity contribution in [3.8, 4) is 11.5 Å². The summed E-state index contributed by atoms with van der Waals surface area (Å²) < 4.78 is 74.6. The average Bonchev–Trinajstić information content (AvgIpc) is 1.51. The van der Waals surface area contributed by atoms with E-state index in [4.69, 9.17) is 23.4 Å². The van der Waals surface area contributed by atoms with Gasteiger partial charge < -0.3 is 44.0 Å². The molecule has 0 saturated carbocycles. The standard InChI is InChI=1S/C37H40FN4O7P.C28H30FN4O8P/c1-4-47-37(45)26(3)48-50(46,49-29-9-6-5-7-10-29)22-21-40-17-19-41(20-18-40)36(44)33-30-11-8-16-39-34(30)25(2)32-31(33)24-42(35(32)43)23-27-12-14-28(38)15-13-27;1-17(28(37)38)41-42(39,40)14-13-31-9-11-32(12-10-31)26(35)22-20-3-2-8-30-24(20)25(34)23-21(22)16-33(27(23)36)15-18-4-6-19(29)7-5-18/h5-16,26H,4,17-24H2,1-3H3;2-8,17,34H,9-16H2,1H3,(H,37,38)(H,39,40). The number of benzene rings is 5. The van der Waals surface area contributed by atoms with Crippen LogP contribution in [0.25, 0.3) is 21.8 Å². The third kappa shape index (κ3) is 15.0. The van der Waals surface area contributed by atoms with Crippen LogP contribution in [-0.2, 0) is 58.7 Å². The van der Waals surface area contributed by atoms with Crippen LogP contribution in [0.3, 0.4) is 0 Å². The lowest BCUT2D eigenvalue weighted by Crippen LogP contribution is -2.49. The first-order valence-electron chi connectivity index (χ1n) is 30.1. The van der Waals surface area contributed by atoms with Gasteiger partial charge in [-0.25, -0.2) is 22.9 Å². The van der Waals surface area contributed by atoms with Crippen molar-refractivity contribution in [1.82, 2.24) is 39.4 Å². The molecule has 0 radical (unpaired) electrons. The molecule has 11 rings (SSSR count). The molecule has 4 unspecified atom stereocenters. The normalized spacial score (nSPS) is 17.1. The highest BCUT2D eigenvalue weighted by atomic mass is 31.2. The van der Waals surface area contributed by atoms with Gasteiger partial charge in [0.2, 0.25) is 0 Å². The summed E-state index contributed by atoms with van der Waals surface area (Å²) in [5.74, 6) is -3.78. The molecule has 4 aliphatic rings. The molecule has 92 heavy (non-hydrogen) atoms. The minimum Gasteiger partial charge on any atom is -0.505 e. The number of hydrogen-bond donors (Lipinski definition) is 3. The summed E-state index contributed by atoms with van der Waals surface area (Å²) in [5.41, 5.74) is 5.31. The summed E-state index contributed by atoms with van der Waals surface area (Å²) in [5, 5.41) is 21.1. The summed E-state index contributed by atoms with van der Waals surface area (Å²) in [6, 6.07) is 27.4. The largest absolute Gasteiger partial charge is 0.505 e. The van der Waals surface area contributed by atoms with Gasteiger partial charge in [-0.2, -0.15) is 0 Å². The van der Waals surface area contributed by atoms with E-state index >= 15 is 0 Å². The first kappa shape index (κ1) is 66.4. The summed E-state index contributed by atoms with van der Waals surface area (Å²) in [6.07, 6.45) is 0.391. The van der Waals surface area contributed by atoms with Crippen molar-refractivity contribution in [2.24, 2.45) is 0 Å². The van der Waals surface area contributed by atoms with Gasteiger partial charge in [0.25, 0.3) is 23.6 Å². The molecule has 2 fully saturated rings. The fraction of sp³-hybridized carbons (Fsp3) is 0.354. The van der Waals surface area contributed by atoms with E-state index in [0.717, 1.165) is 11.1 Å². The number of carboxylic acids is 1. The Morgan fingerprint density at radius 1 is 0.620 bits per heavy atom. The Labute approximate surface area is 529 Å². The second-order valence-electron chi connectivity index (χ2n) is 22.8. The molecule has 484 valence electrons. The number of hydrogen-bond acceptors (Lipinski definition) is 17. The van der Waals surface area contributed by atoms with Crippen molar-refractivity contribution in [1.29, 1.82) is 0 Å². The van der Waals surface area contributed by atoms with Crippen LogP contribution >= 0.6 is 15.2 Å². The molecule has 0 spiro atoms. The molecule has 0 aliphatic carbocycles. The predicted molar refractivity (Wildman–Crippen MR) is 334 cm³/mol. The van der Waals surface area contributed by atoms with Crippen LogP contribution in [-0.4, -0.2) is 187 Å². The van der Waals surface area contributed by atoms with Gasteiger partial charge in [0.15, 0.2) is 18.0 Å². The van der Waals surface area contributed by atoms with Crippen molar-refractivity contribution in [2.75, 3.05) is 84.4 Å². The Morgan fingerprint density at radius 3 is 1.61 bits per heavy atom. The molecule has 6 heterocycles. The third-order valence-corrected chi connectivity index (χ3v) is 19.8. The number of aromatic hydroxyl groups is 1. The zero-order valence-electron chi connectivity index (χ0n) is 51.1. The fourth-order valence-corrected chi connectivity index (χ4v) is 14.8. The number of carbonyl (C=O) groups is 6. The second-order valence-corrected chi connectivity index (χ2v) is 26.8. The van der Waals surface area contributed by atoms with Gasteiger partial charge >= 0.3 is 27.1 Å². The van der Waals surface area contributed by atoms with Crippen LogP contribution in [0.4, 0.5) is 8.78 Å². The Morgan fingerprint density at radius 2 is 1.10 bits per heavy atom. The number of piperazine rings is 2. The minimum atomic E-state index is -4.12. The Balaban J connectivity index is 0.000000205. The SMILES string of the molecule is CC(OP(=O)(O)CCN1CCN(C(=O)c2c3c(c(O)c4ncccc24)C(=O)N(Cc2ccc(F)cc2)C3)CC1)C(=O)O.CCOC(=O)C(C)OP(=O)(CCN1CCN(C(=O)c2c3c(c(C)c4ncccc24)C(=O)N(Cc2ccc(F)cc2)C3)CC1)Oc1ccccc1. The molecule has 4 atom stereocenters. The zero-order valence-corrected chi connectivity index (χ0v) is 52.9. The number of rotatable bonds is 21. The summed E-state index contributed by atoms with van der Waals surface area (Å²) in [7, 11) is -7.91. The molecule has 4 aliphatic heterocycles. The molecular formula is C65H70F2N8O15P2. The number of aromatic nitrogens is 2. The van der Waals surface area contributed by atoms with E-state index in [1.807, 2.05) is 24.0 Å². The van der Waals surface area contributed by atoms with Gasteiger partial charge in [0.1, 0.15) is 22.9 Å². The van der Waals surface area contributed by atoms with Gasteiger partial charge in [-0.3, -0.25) is 52.6 Å². The van der Waals surface area contributed by atoms with Crippen molar-refractivity contribution in [3.63, 3.8) is 0 Å². The van der Waals surface area contributed by atoms with E-state index in [2.05, 4.69) is 14.9 Å². The monoisotopic (exact) mass is 1300 g/mol. The number of nitrogens with zero attached hydrogens (tertiary/aromatic N) is 8. The zero-order chi connectivity index (χ0) is 65.6. The van der Waals surface area contributed by atoms with Crippen molar-refractivity contribution >= 4 is 72.6 Å². The quantitative estimate of drug-likeness (QED) is 0.0449. The van der Waals surface area contributed by atoms with Crippen LogP contribution in [0.5, 0.6) is 11.5 Å². The van der Waals surface area contributed by atoms with Crippen LogP contribution in [0.1, 0.15) is 90.0 Å². The topological polar surface area (TPSA) is 279 Å². The average molecular weight is 1300 g/mol. The number of halogens is 2. The maximum Gasteiger partial charge on any atom is 0.381 e. The number of ether oxygens (including phenoxy) is 1. The van der Waals surface area contributed by atoms with E-state index in [-0.39, 0.29) is 97.6 Å². The lowest BCUT2D eigenvalue weighted by Gasteiger charge is -2.35. The smallest absolute Gasteiger partial charge is 0.381 e. The van der Waals surface area contributed by atoms with E-state index in [1.165, 1.54) is 49.2 Å². The first-order valence-corrected chi connectivity index (χ1v) is 33.6. The number of aliphatic carboxylic acids is 1. The molecule has 4 amide bonds. The molecule has 2 saturated heterocycles. The van der Waals surface area contributed by atoms with Crippen LogP contribution in [0.2, 0.25) is 0 Å². The fourth-order valence-electron chi connectivity index (χ4n) is 11.8. The van der Waals surface area contributed by atoms with E-state index in [0.29, 0.717) is 109 Å². The number of aryl methyl sites for hydroxylation is 1. The number of pyridine rings is 2. The van der Waals surface area contributed by atoms with E-state index in [1.54, 1.807) is 94.6 Å². The maximum atomic E-state index is 14.3. The second kappa shape index (κ2) is 28.5.